The number of halogens is 1. The maximum atomic E-state index is 14.4. The van der Waals surface area contributed by atoms with Gasteiger partial charge in [-0.2, -0.15) is 0 Å². The van der Waals surface area contributed by atoms with Crippen LogP contribution in [-0.4, -0.2) is 46.9 Å². The third-order valence-electron chi connectivity index (χ3n) is 4.91. The number of allylic oxidation sites excluding steroid dienone is 2. The number of hydrogen-bond acceptors (Lipinski definition) is 4. The number of carbonyl (C=O) groups excluding carboxylic acids is 1. The van der Waals surface area contributed by atoms with Crippen molar-refractivity contribution in [1.29, 1.82) is 0 Å². The lowest BCUT2D eigenvalue weighted by Crippen LogP contribution is -2.47. The van der Waals surface area contributed by atoms with Crippen molar-refractivity contribution in [3.05, 3.63) is 60.7 Å². The predicted molar refractivity (Wildman–Crippen MR) is 108 cm³/mol. The predicted octanol–water partition coefficient (Wildman–Crippen LogP) is 3.84. The monoisotopic (exact) mass is 372 g/mol. The van der Waals surface area contributed by atoms with Gasteiger partial charge in [0.25, 0.3) is 0 Å². The minimum Gasteiger partial charge on any atom is -0.366 e. The molecule has 1 aliphatic heterocycles. The lowest BCUT2D eigenvalue weighted by Gasteiger charge is -2.37. The smallest absolute Gasteiger partial charge is 0.219 e. The second-order valence-electron chi connectivity index (χ2n) is 6.87. The highest BCUT2D eigenvalue weighted by Gasteiger charge is 2.25. The van der Waals surface area contributed by atoms with Crippen LogP contribution in [-0.2, 0) is 10.5 Å². The Labute approximate surface area is 161 Å². The number of piperazine rings is 1. The first-order chi connectivity index (χ1) is 12.8. The molecule has 1 aromatic heterocycles. The topological polar surface area (TPSA) is 48.5 Å². The van der Waals surface area contributed by atoms with Crippen LogP contribution in [0, 0.1) is 0 Å². The molecule has 1 fully saturated rings. The molecule has 1 saturated heterocycles. The molecule has 2 rings (SSSR count). The third-order valence-corrected chi connectivity index (χ3v) is 4.91. The van der Waals surface area contributed by atoms with Crippen LogP contribution in [0.5, 0.6) is 0 Å². The normalized spacial score (nSPS) is 17.3. The Hall–Kier alpha value is -2.63. The maximum absolute atomic E-state index is 14.4. The number of amides is 1. The van der Waals surface area contributed by atoms with E-state index in [1.165, 1.54) is 6.92 Å². The Morgan fingerprint density at radius 3 is 2.44 bits per heavy atom. The Morgan fingerprint density at radius 2 is 1.96 bits per heavy atom. The summed E-state index contributed by atoms with van der Waals surface area (Å²) in [4.78, 5) is 19.8. The number of hydrogen-bond donors (Lipinski definition) is 1. The van der Waals surface area contributed by atoms with Crippen molar-refractivity contribution < 1.29 is 9.18 Å². The van der Waals surface area contributed by atoms with Gasteiger partial charge in [0.15, 0.2) is 0 Å². The summed E-state index contributed by atoms with van der Waals surface area (Å²) in [5, 5.41) is 3.24. The summed E-state index contributed by atoms with van der Waals surface area (Å²) < 4.78 is 14.4. The second-order valence-corrected chi connectivity index (χ2v) is 6.87. The van der Waals surface area contributed by atoms with Crippen LogP contribution >= 0.6 is 0 Å². The molecule has 1 aromatic rings. The van der Waals surface area contributed by atoms with Crippen LogP contribution in [0.25, 0.3) is 0 Å². The molecule has 1 atom stereocenters. The number of carbonyl (C=O) groups is 1. The SMILES string of the molecule is C=C/C=C(\C(=C)Nc1ccc(C(C)(F)CC)nc1)N1CCN(C(C)=O)CC1. The van der Waals surface area contributed by atoms with Crippen molar-refractivity contribution in [3.8, 4) is 0 Å². The van der Waals surface area contributed by atoms with Crippen LogP contribution in [0.1, 0.15) is 32.9 Å². The highest BCUT2D eigenvalue weighted by Crippen LogP contribution is 2.28. The summed E-state index contributed by atoms with van der Waals surface area (Å²) in [5.74, 6) is 0.0963. The average Bonchev–Trinajstić information content (AvgIpc) is 2.66. The second kappa shape index (κ2) is 8.84. The number of rotatable bonds is 7. The highest BCUT2D eigenvalue weighted by molar-refractivity contribution is 5.73. The van der Waals surface area contributed by atoms with Gasteiger partial charge in [0, 0.05) is 33.1 Å². The molecular weight excluding hydrogens is 343 g/mol. The van der Waals surface area contributed by atoms with Crippen LogP contribution in [0.2, 0.25) is 0 Å². The van der Waals surface area contributed by atoms with Crippen LogP contribution in [0.15, 0.2) is 55.0 Å². The van der Waals surface area contributed by atoms with Gasteiger partial charge in [-0.3, -0.25) is 9.78 Å². The molecule has 1 aliphatic rings. The van der Waals surface area contributed by atoms with Gasteiger partial charge in [-0.15, -0.1) is 0 Å². The number of nitrogens with one attached hydrogen (secondary N) is 1. The standard InChI is InChI=1S/C21H29FN4O/c1-6-8-19(26-13-11-25(12-14-26)17(4)27)16(3)24-18-9-10-20(23-15-18)21(5,22)7-2/h6,8-10,15,24H,1,3,7,11-14H2,2,4-5H3/b19-8+. The quantitative estimate of drug-likeness (QED) is 0.739. The summed E-state index contributed by atoms with van der Waals surface area (Å²) in [5.41, 5.74) is 1.36. The van der Waals surface area contributed by atoms with E-state index in [-0.39, 0.29) is 5.91 Å². The Kier molecular flexibility index (Phi) is 6.77. The molecule has 0 spiro atoms. The van der Waals surface area contributed by atoms with Gasteiger partial charge in [0.2, 0.25) is 5.91 Å². The Bertz CT molecular complexity index is 716. The van der Waals surface area contributed by atoms with E-state index in [1.807, 2.05) is 11.0 Å². The van der Waals surface area contributed by atoms with Crippen molar-refractivity contribution in [1.82, 2.24) is 14.8 Å². The number of alkyl halides is 1. The first kappa shape index (κ1) is 20.7. The molecule has 1 N–H and O–H groups in total. The molecule has 6 heteroatoms. The number of nitrogens with zero attached hydrogens (tertiary/aromatic N) is 3. The van der Waals surface area contributed by atoms with Crippen LogP contribution < -0.4 is 5.32 Å². The van der Waals surface area contributed by atoms with Crippen LogP contribution in [0.3, 0.4) is 0 Å². The zero-order chi connectivity index (χ0) is 20.0. The van der Waals surface area contributed by atoms with Gasteiger partial charge in [-0.05, 0) is 31.6 Å². The lowest BCUT2D eigenvalue weighted by atomic mass is 10.0. The first-order valence-electron chi connectivity index (χ1n) is 9.23. The molecule has 0 aromatic carbocycles. The number of pyridine rings is 1. The minimum atomic E-state index is -1.43. The van der Waals surface area contributed by atoms with Gasteiger partial charge < -0.3 is 15.1 Å². The van der Waals surface area contributed by atoms with E-state index in [4.69, 9.17) is 0 Å². The van der Waals surface area contributed by atoms with E-state index in [9.17, 15) is 9.18 Å². The van der Waals surface area contributed by atoms with E-state index in [0.717, 1.165) is 24.5 Å². The summed E-state index contributed by atoms with van der Waals surface area (Å²) in [6.07, 6.45) is 5.61. The van der Waals surface area contributed by atoms with E-state index >= 15 is 0 Å². The fraction of sp³-hybridized carbons (Fsp3) is 0.429. The third kappa shape index (κ3) is 5.18. The largest absolute Gasteiger partial charge is 0.366 e. The molecule has 2 heterocycles. The van der Waals surface area contributed by atoms with E-state index in [2.05, 4.69) is 28.4 Å². The van der Waals surface area contributed by atoms with Crippen molar-refractivity contribution in [2.24, 2.45) is 0 Å². The molecule has 0 bridgehead atoms. The van der Waals surface area contributed by atoms with Gasteiger partial charge in [-0.1, -0.05) is 26.2 Å². The van der Waals surface area contributed by atoms with Crippen molar-refractivity contribution in [3.63, 3.8) is 0 Å². The van der Waals surface area contributed by atoms with E-state index in [0.29, 0.717) is 30.9 Å². The van der Waals surface area contributed by atoms with Gasteiger partial charge in [-0.25, -0.2) is 4.39 Å². The minimum absolute atomic E-state index is 0.0963. The average molecular weight is 372 g/mol. The van der Waals surface area contributed by atoms with Gasteiger partial charge >= 0.3 is 0 Å². The van der Waals surface area contributed by atoms with Crippen LogP contribution in [0.4, 0.5) is 10.1 Å². The molecule has 0 radical (unpaired) electrons. The summed E-state index contributed by atoms with van der Waals surface area (Å²) in [7, 11) is 0. The molecule has 1 unspecified atom stereocenters. The maximum Gasteiger partial charge on any atom is 0.219 e. The highest BCUT2D eigenvalue weighted by atomic mass is 19.1. The molecule has 0 aliphatic carbocycles. The molecular formula is C21H29FN4O. The van der Waals surface area contributed by atoms with Crippen molar-refractivity contribution >= 4 is 11.6 Å². The summed E-state index contributed by atoms with van der Waals surface area (Å²) >= 11 is 0. The van der Waals surface area contributed by atoms with Gasteiger partial charge in [0.05, 0.1) is 29.0 Å². The Morgan fingerprint density at radius 1 is 1.33 bits per heavy atom. The lowest BCUT2D eigenvalue weighted by molar-refractivity contribution is -0.130. The molecule has 1 amide bonds. The Balaban J connectivity index is 2.07. The zero-order valence-electron chi connectivity index (χ0n) is 16.5. The van der Waals surface area contributed by atoms with E-state index in [1.54, 1.807) is 38.3 Å². The molecule has 0 saturated carbocycles. The fourth-order valence-corrected chi connectivity index (χ4v) is 2.97. The van der Waals surface area contributed by atoms with E-state index < -0.39 is 5.67 Å². The first-order valence-corrected chi connectivity index (χ1v) is 9.23. The summed E-state index contributed by atoms with van der Waals surface area (Å²) in [6, 6.07) is 3.50. The molecule has 146 valence electrons. The number of aromatic nitrogens is 1. The number of anilines is 1. The molecule has 27 heavy (non-hydrogen) atoms. The molecule has 5 nitrogen and oxygen atoms in total. The fourth-order valence-electron chi connectivity index (χ4n) is 2.97. The van der Waals surface area contributed by atoms with Crippen molar-refractivity contribution in [2.45, 2.75) is 32.9 Å². The van der Waals surface area contributed by atoms with Gasteiger partial charge in [0.1, 0.15) is 5.67 Å². The summed E-state index contributed by atoms with van der Waals surface area (Å²) in [6.45, 7) is 15.7. The zero-order valence-corrected chi connectivity index (χ0v) is 16.5. The van der Waals surface area contributed by atoms with Crippen molar-refractivity contribution in [2.75, 3.05) is 31.5 Å².